The van der Waals surface area contributed by atoms with Crippen molar-refractivity contribution in [2.75, 3.05) is 26.4 Å². The molecule has 8 nitrogen and oxygen atoms in total. The van der Waals surface area contributed by atoms with Gasteiger partial charge in [0.1, 0.15) is 18.2 Å². The fourth-order valence-electron chi connectivity index (χ4n) is 4.37. The lowest BCUT2D eigenvalue weighted by atomic mass is 9.63. The van der Waals surface area contributed by atoms with Gasteiger partial charge in [0, 0.05) is 37.6 Å². The molecule has 1 fully saturated rings. The van der Waals surface area contributed by atoms with E-state index in [4.69, 9.17) is 15.7 Å². The van der Waals surface area contributed by atoms with Crippen LogP contribution in [0.15, 0.2) is 65.0 Å². The maximum Gasteiger partial charge on any atom is 0.243 e. The third-order valence-electron chi connectivity index (χ3n) is 6.57. The topological polar surface area (TPSA) is 102 Å². The van der Waals surface area contributed by atoms with E-state index in [1.165, 1.54) is 5.56 Å². The largest absolute Gasteiger partial charge is 0.384 e. The van der Waals surface area contributed by atoms with Crippen LogP contribution in [0.2, 0.25) is 0 Å². The lowest BCUT2D eigenvalue weighted by Gasteiger charge is -2.41. The molecular formula is C25H27N7O. The Morgan fingerprint density at radius 2 is 1.82 bits per heavy atom. The minimum atomic E-state index is -0.128. The Morgan fingerprint density at radius 3 is 2.45 bits per heavy atom. The summed E-state index contributed by atoms with van der Waals surface area (Å²) >= 11 is 0. The van der Waals surface area contributed by atoms with Crippen molar-refractivity contribution in [1.82, 2.24) is 19.7 Å². The number of nitrogen functional groups attached to an aromatic ring is 1. The van der Waals surface area contributed by atoms with Gasteiger partial charge in [-0.3, -0.25) is 14.5 Å². The van der Waals surface area contributed by atoms with Crippen LogP contribution >= 0.6 is 0 Å². The molecule has 8 heteroatoms. The summed E-state index contributed by atoms with van der Waals surface area (Å²) in [6.07, 6.45) is 8.69. The number of hydrogen-bond acceptors (Lipinski definition) is 6. The summed E-state index contributed by atoms with van der Waals surface area (Å²) in [5, 5.41) is 4.33. The van der Waals surface area contributed by atoms with Gasteiger partial charge in [-0.1, -0.05) is 30.7 Å². The third kappa shape index (κ3) is 3.92. The van der Waals surface area contributed by atoms with Gasteiger partial charge in [-0.25, -0.2) is 9.98 Å². The molecule has 3 heterocycles. The predicted octanol–water partition coefficient (Wildman–Crippen LogP) is 2.94. The monoisotopic (exact) mass is 441 g/mol. The highest BCUT2D eigenvalue weighted by Crippen LogP contribution is 2.46. The third-order valence-corrected chi connectivity index (χ3v) is 6.57. The van der Waals surface area contributed by atoms with Crippen LogP contribution in [0.4, 0.5) is 5.82 Å². The van der Waals surface area contributed by atoms with Crippen molar-refractivity contribution in [2.45, 2.75) is 31.2 Å². The highest BCUT2D eigenvalue weighted by atomic mass is 16.2. The van der Waals surface area contributed by atoms with Crippen molar-refractivity contribution < 1.29 is 4.79 Å². The van der Waals surface area contributed by atoms with Gasteiger partial charge in [0.05, 0.1) is 23.9 Å². The van der Waals surface area contributed by atoms with Gasteiger partial charge in [-0.15, -0.1) is 0 Å². The number of pyridine rings is 1. The van der Waals surface area contributed by atoms with E-state index in [0.29, 0.717) is 12.4 Å². The summed E-state index contributed by atoms with van der Waals surface area (Å²) in [6.45, 7) is 0.757. The number of amides is 1. The zero-order valence-electron chi connectivity index (χ0n) is 18.9. The van der Waals surface area contributed by atoms with Gasteiger partial charge >= 0.3 is 0 Å². The van der Waals surface area contributed by atoms with E-state index in [0.717, 1.165) is 47.5 Å². The number of nitrogens with two attached hydrogens (primary N) is 1. The number of carbonyl (C=O) groups excluding carboxylic acids is 1. The van der Waals surface area contributed by atoms with Gasteiger partial charge < -0.3 is 10.6 Å². The number of likely N-dealkylation sites (N-methyl/N-ethyl adjacent to an activating group) is 1. The van der Waals surface area contributed by atoms with Gasteiger partial charge in [-0.05, 0) is 36.1 Å². The molecule has 0 bridgehead atoms. The van der Waals surface area contributed by atoms with Gasteiger partial charge in [0.15, 0.2) is 0 Å². The van der Waals surface area contributed by atoms with E-state index >= 15 is 0 Å². The maximum atomic E-state index is 12.0. The van der Waals surface area contributed by atoms with E-state index < -0.39 is 0 Å². The standard InChI is InChI=1S/C25H27N7O/c1-31(2)23(33)16-32-15-19(13-29-32)21-14-28-24(30-21)25(10-3-11-25)20-7-4-17(5-8-20)18-6-9-22(26)27-12-18/h4-9,12-13,15H,3,10-11,14,16H2,1-2H3,(H2,26,27). The van der Waals surface area contributed by atoms with Crippen LogP contribution in [0, 0.1) is 0 Å². The zero-order valence-corrected chi connectivity index (χ0v) is 18.9. The number of benzene rings is 1. The molecular weight excluding hydrogens is 414 g/mol. The molecule has 2 aliphatic rings. The number of aliphatic imine (C=N–C) groups is 2. The lowest BCUT2D eigenvalue weighted by Crippen LogP contribution is -2.41. The van der Waals surface area contributed by atoms with E-state index in [9.17, 15) is 4.79 Å². The minimum absolute atomic E-state index is 0.00145. The van der Waals surface area contributed by atoms with Crippen LogP contribution in [0.3, 0.4) is 0 Å². The van der Waals surface area contributed by atoms with Crippen LogP contribution in [0.1, 0.15) is 30.4 Å². The highest BCUT2D eigenvalue weighted by Gasteiger charge is 2.45. The highest BCUT2D eigenvalue weighted by molar-refractivity contribution is 6.15. The van der Waals surface area contributed by atoms with Crippen LogP contribution < -0.4 is 5.73 Å². The Kier molecular flexibility index (Phi) is 5.28. The quantitative estimate of drug-likeness (QED) is 0.635. The van der Waals surface area contributed by atoms with Crippen LogP contribution in [0.5, 0.6) is 0 Å². The van der Waals surface area contributed by atoms with Crippen molar-refractivity contribution in [3.05, 3.63) is 66.1 Å². The number of anilines is 1. The van der Waals surface area contributed by atoms with Crippen LogP contribution in [0.25, 0.3) is 11.1 Å². The number of rotatable bonds is 6. The fraction of sp³-hybridized carbons (Fsp3) is 0.320. The SMILES string of the molecule is CN(C)C(=O)Cn1cc(C2=NC(C3(c4ccc(-c5ccc(N)nc5)cc4)CCC3)=NC2)cn1. The number of nitrogens with zero attached hydrogens (tertiary/aromatic N) is 6. The van der Waals surface area contributed by atoms with Crippen molar-refractivity contribution in [2.24, 2.45) is 9.98 Å². The first-order valence-electron chi connectivity index (χ1n) is 11.1. The first-order chi connectivity index (χ1) is 15.9. The van der Waals surface area contributed by atoms with Gasteiger partial charge in [0.25, 0.3) is 0 Å². The number of aromatic nitrogens is 3. The minimum Gasteiger partial charge on any atom is -0.384 e. The first kappa shape index (κ1) is 21.1. The molecule has 2 aromatic heterocycles. The summed E-state index contributed by atoms with van der Waals surface area (Å²) in [4.78, 5) is 27.5. The molecule has 3 aromatic rings. The number of hydrogen-bond donors (Lipinski definition) is 1. The van der Waals surface area contributed by atoms with Crippen molar-refractivity contribution >= 4 is 23.3 Å². The molecule has 1 aromatic carbocycles. The molecule has 1 amide bonds. The smallest absolute Gasteiger partial charge is 0.243 e. The predicted molar refractivity (Wildman–Crippen MR) is 129 cm³/mol. The molecule has 1 aliphatic carbocycles. The van der Waals surface area contributed by atoms with Crippen molar-refractivity contribution in [3.63, 3.8) is 0 Å². The zero-order chi connectivity index (χ0) is 23.0. The molecule has 0 unspecified atom stereocenters. The lowest BCUT2D eigenvalue weighted by molar-refractivity contribution is -0.129. The Bertz CT molecular complexity index is 1230. The number of carbonyl (C=O) groups is 1. The Balaban J connectivity index is 1.36. The van der Waals surface area contributed by atoms with Gasteiger partial charge in [0.2, 0.25) is 5.91 Å². The summed E-state index contributed by atoms with van der Waals surface area (Å²) in [5.41, 5.74) is 10.8. The van der Waals surface area contributed by atoms with Crippen molar-refractivity contribution in [3.8, 4) is 11.1 Å². The first-order valence-corrected chi connectivity index (χ1v) is 11.1. The van der Waals surface area contributed by atoms with Crippen molar-refractivity contribution in [1.29, 1.82) is 0 Å². The second-order valence-corrected chi connectivity index (χ2v) is 8.90. The van der Waals surface area contributed by atoms with E-state index in [1.54, 1.807) is 36.1 Å². The molecule has 5 rings (SSSR count). The molecule has 1 aliphatic heterocycles. The Hall–Kier alpha value is -3.81. The summed E-state index contributed by atoms with van der Waals surface area (Å²) in [6, 6.07) is 12.4. The Labute approximate surface area is 192 Å². The fourth-order valence-corrected chi connectivity index (χ4v) is 4.37. The average Bonchev–Trinajstić information content (AvgIpc) is 3.44. The average molecular weight is 442 g/mol. The molecule has 0 atom stereocenters. The molecule has 168 valence electrons. The summed E-state index contributed by atoms with van der Waals surface area (Å²) in [5.74, 6) is 1.43. The van der Waals surface area contributed by atoms with E-state index in [-0.39, 0.29) is 17.9 Å². The van der Waals surface area contributed by atoms with E-state index in [1.807, 2.05) is 18.3 Å². The summed E-state index contributed by atoms with van der Waals surface area (Å²) < 4.78 is 1.65. The molecule has 0 radical (unpaired) electrons. The maximum absolute atomic E-state index is 12.0. The molecule has 2 N–H and O–H groups in total. The number of amidine groups is 1. The molecule has 0 spiro atoms. The summed E-state index contributed by atoms with van der Waals surface area (Å²) in [7, 11) is 3.48. The van der Waals surface area contributed by atoms with Crippen LogP contribution in [-0.4, -0.2) is 57.8 Å². The molecule has 33 heavy (non-hydrogen) atoms. The van der Waals surface area contributed by atoms with Crippen LogP contribution in [-0.2, 0) is 16.8 Å². The second-order valence-electron chi connectivity index (χ2n) is 8.90. The normalized spacial score (nSPS) is 16.7. The van der Waals surface area contributed by atoms with Gasteiger partial charge in [-0.2, -0.15) is 5.10 Å². The Morgan fingerprint density at radius 1 is 1.06 bits per heavy atom. The molecule has 0 saturated heterocycles. The van der Waals surface area contributed by atoms with E-state index in [2.05, 4.69) is 34.3 Å². The molecule has 1 saturated carbocycles. The second kappa shape index (κ2) is 8.27.